The van der Waals surface area contributed by atoms with Crippen molar-refractivity contribution in [1.82, 2.24) is 9.97 Å². The lowest BCUT2D eigenvalue weighted by atomic mass is 10.2. The quantitative estimate of drug-likeness (QED) is 0.700. The Morgan fingerprint density at radius 3 is 2.81 bits per heavy atom. The van der Waals surface area contributed by atoms with Crippen LogP contribution in [-0.2, 0) is 6.42 Å². The van der Waals surface area contributed by atoms with E-state index in [1.54, 1.807) is 11.3 Å². The summed E-state index contributed by atoms with van der Waals surface area (Å²) in [5.41, 5.74) is 2.27. The minimum atomic E-state index is 0.813. The maximum atomic E-state index is 4.75. The second-order valence-electron chi connectivity index (χ2n) is 4.72. The highest BCUT2D eigenvalue weighted by atomic mass is 79.9. The number of nitrogens with one attached hydrogen (secondary N) is 1. The molecule has 0 atom stereocenters. The van der Waals surface area contributed by atoms with Crippen molar-refractivity contribution in [1.29, 1.82) is 0 Å². The molecule has 5 heteroatoms. The average molecular weight is 362 g/mol. The van der Waals surface area contributed by atoms with Crippen molar-refractivity contribution in [2.45, 2.75) is 20.3 Å². The normalized spacial score (nSPS) is 11.0. The summed E-state index contributed by atoms with van der Waals surface area (Å²) in [5, 5.41) is 6.50. The highest BCUT2D eigenvalue weighted by Gasteiger charge is 2.13. The van der Waals surface area contributed by atoms with E-state index in [9.17, 15) is 0 Å². The number of aryl methyl sites for hydroxylation is 1. The molecule has 0 fully saturated rings. The van der Waals surface area contributed by atoms with Gasteiger partial charge in [-0.25, -0.2) is 9.97 Å². The molecule has 2 aromatic heterocycles. The fourth-order valence-corrected chi connectivity index (χ4v) is 3.60. The van der Waals surface area contributed by atoms with E-state index in [1.807, 2.05) is 12.1 Å². The summed E-state index contributed by atoms with van der Waals surface area (Å²) in [6, 6.07) is 8.27. The van der Waals surface area contributed by atoms with E-state index in [4.69, 9.17) is 9.97 Å². The zero-order chi connectivity index (χ0) is 14.8. The largest absolute Gasteiger partial charge is 0.370 e. The highest BCUT2D eigenvalue weighted by molar-refractivity contribution is 9.10. The lowest BCUT2D eigenvalue weighted by molar-refractivity contribution is 1.12. The summed E-state index contributed by atoms with van der Waals surface area (Å²) in [6.45, 7) is 5.08. The van der Waals surface area contributed by atoms with Crippen LogP contribution >= 0.6 is 27.3 Å². The summed E-state index contributed by atoms with van der Waals surface area (Å²) in [6.07, 6.45) is 0.997. The van der Waals surface area contributed by atoms with E-state index in [2.05, 4.69) is 52.6 Å². The van der Waals surface area contributed by atoms with Crippen LogP contribution in [0.1, 0.15) is 19.4 Å². The highest BCUT2D eigenvalue weighted by Crippen LogP contribution is 2.31. The van der Waals surface area contributed by atoms with Crippen molar-refractivity contribution in [3.05, 3.63) is 39.7 Å². The standard InChI is InChI=1S/C16H16BrN3S/c1-3-10-7-8-21-14(10)16-19-13-6-5-11(17)9-12(13)15(20-16)18-4-2/h5-9H,3-4H2,1-2H3,(H,18,19,20). The molecule has 2 heterocycles. The maximum Gasteiger partial charge on any atom is 0.172 e. The second-order valence-corrected chi connectivity index (χ2v) is 6.55. The predicted molar refractivity (Wildman–Crippen MR) is 94.1 cm³/mol. The fraction of sp³-hybridized carbons (Fsp3) is 0.250. The number of nitrogens with zero attached hydrogens (tertiary/aromatic N) is 2. The summed E-state index contributed by atoms with van der Waals surface area (Å²) in [5.74, 6) is 1.71. The molecule has 0 saturated carbocycles. The number of benzene rings is 1. The van der Waals surface area contributed by atoms with Crippen LogP contribution in [-0.4, -0.2) is 16.5 Å². The lowest BCUT2D eigenvalue weighted by Crippen LogP contribution is -2.03. The first-order valence-corrected chi connectivity index (χ1v) is 8.68. The SMILES string of the molecule is CCNc1nc(-c2sccc2CC)nc2ccc(Br)cc12. The smallest absolute Gasteiger partial charge is 0.172 e. The van der Waals surface area contributed by atoms with E-state index in [-0.39, 0.29) is 0 Å². The molecule has 3 rings (SSSR count). The molecule has 108 valence electrons. The third-order valence-electron chi connectivity index (χ3n) is 3.33. The van der Waals surface area contributed by atoms with Crippen molar-refractivity contribution in [2.75, 3.05) is 11.9 Å². The van der Waals surface area contributed by atoms with Crippen molar-refractivity contribution >= 4 is 44.0 Å². The van der Waals surface area contributed by atoms with Crippen molar-refractivity contribution in [2.24, 2.45) is 0 Å². The van der Waals surface area contributed by atoms with Gasteiger partial charge in [-0.1, -0.05) is 22.9 Å². The summed E-state index contributed by atoms with van der Waals surface area (Å²) >= 11 is 5.22. The number of hydrogen-bond donors (Lipinski definition) is 1. The molecule has 0 unspecified atom stereocenters. The molecule has 0 aliphatic carbocycles. The first kappa shape index (κ1) is 14.5. The van der Waals surface area contributed by atoms with Crippen LogP contribution in [0.5, 0.6) is 0 Å². The molecule has 0 radical (unpaired) electrons. The molecule has 21 heavy (non-hydrogen) atoms. The Labute approximate surface area is 136 Å². The monoisotopic (exact) mass is 361 g/mol. The zero-order valence-corrected chi connectivity index (χ0v) is 14.4. The molecule has 0 aliphatic heterocycles. The summed E-state index contributed by atoms with van der Waals surface area (Å²) in [4.78, 5) is 10.7. The van der Waals surface area contributed by atoms with Crippen molar-refractivity contribution in [3.63, 3.8) is 0 Å². The molecule has 3 aromatic rings. The zero-order valence-electron chi connectivity index (χ0n) is 12.0. The number of anilines is 1. The number of halogens is 1. The molecule has 0 aliphatic rings. The van der Waals surface area contributed by atoms with E-state index in [0.717, 1.165) is 40.0 Å². The van der Waals surface area contributed by atoms with E-state index in [0.29, 0.717) is 0 Å². The van der Waals surface area contributed by atoms with Crippen LogP contribution in [0.4, 0.5) is 5.82 Å². The maximum absolute atomic E-state index is 4.75. The van der Waals surface area contributed by atoms with Crippen LogP contribution in [0.15, 0.2) is 34.1 Å². The molecule has 0 spiro atoms. The molecule has 0 bridgehead atoms. The fourth-order valence-electron chi connectivity index (χ4n) is 2.31. The van der Waals surface area contributed by atoms with Crippen LogP contribution in [0.25, 0.3) is 21.6 Å². The van der Waals surface area contributed by atoms with Gasteiger partial charge in [-0.3, -0.25) is 0 Å². The summed E-state index contributed by atoms with van der Waals surface area (Å²) in [7, 11) is 0. The number of thiophene rings is 1. The Bertz CT molecular complexity index is 782. The van der Waals surface area contributed by atoms with Gasteiger partial charge >= 0.3 is 0 Å². The minimum Gasteiger partial charge on any atom is -0.370 e. The molecular formula is C16H16BrN3S. The number of aromatic nitrogens is 2. The van der Waals surface area contributed by atoms with Crippen molar-refractivity contribution < 1.29 is 0 Å². The van der Waals surface area contributed by atoms with Gasteiger partial charge in [0.25, 0.3) is 0 Å². The molecular weight excluding hydrogens is 346 g/mol. The van der Waals surface area contributed by atoms with Crippen LogP contribution < -0.4 is 5.32 Å². The lowest BCUT2D eigenvalue weighted by Gasteiger charge is -2.10. The van der Waals surface area contributed by atoms with Gasteiger partial charge in [-0.05, 0) is 48.6 Å². The summed E-state index contributed by atoms with van der Waals surface area (Å²) < 4.78 is 1.04. The van der Waals surface area contributed by atoms with Gasteiger partial charge < -0.3 is 5.32 Å². The van der Waals surface area contributed by atoms with Crippen molar-refractivity contribution in [3.8, 4) is 10.7 Å². The van der Waals surface area contributed by atoms with E-state index >= 15 is 0 Å². The Hall–Kier alpha value is -1.46. The first-order valence-electron chi connectivity index (χ1n) is 7.00. The average Bonchev–Trinajstić information content (AvgIpc) is 2.96. The number of rotatable bonds is 4. The molecule has 0 saturated heterocycles. The topological polar surface area (TPSA) is 37.8 Å². The van der Waals surface area contributed by atoms with Gasteiger partial charge in [-0.15, -0.1) is 11.3 Å². The number of hydrogen-bond acceptors (Lipinski definition) is 4. The second kappa shape index (κ2) is 6.12. The van der Waals surface area contributed by atoms with E-state index in [1.165, 1.54) is 10.4 Å². The molecule has 3 nitrogen and oxygen atoms in total. The predicted octanol–water partition coefficient (Wildman–Crippen LogP) is 5.12. The van der Waals surface area contributed by atoms with Gasteiger partial charge in [-0.2, -0.15) is 0 Å². The minimum absolute atomic E-state index is 0.813. The molecule has 0 amide bonds. The molecule has 1 aromatic carbocycles. The van der Waals surface area contributed by atoms with Gasteiger partial charge in [0, 0.05) is 16.4 Å². The van der Waals surface area contributed by atoms with E-state index < -0.39 is 0 Å². The number of fused-ring (bicyclic) bond motifs is 1. The third kappa shape index (κ3) is 2.80. The third-order valence-corrected chi connectivity index (χ3v) is 4.78. The van der Waals surface area contributed by atoms with Gasteiger partial charge in [0.1, 0.15) is 5.82 Å². The Kier molecular flexibility index (Phi) is 4.22. The van der Waals surface area contributed by atoms with Gasteiger partial charge in [0.15, 0.2) is 5.82 Å². The van der Waals surface area contributed by atoms with Crippen LogP contribution in [0.2, 0.25) is 0 Å². The Morgan fingerprint density at radius 2 is 2.05 bits per heavy atom. The van der Waals surface area contributed by atoms with Crippen LogP contribution in [0.3, 0.4) is 0 Å². The first-order chi connectivity index (χ1) is 10.2. The Balaban J connectivity index is 2.23. The van der Waals surface area contributed by atoms with Crippen LogP contribution in [0, 0.1) is 0 Å². The molecule has 1 N–H and O–H groups in total. The van der Waals surface area contributed by atoms with Gasteiger partial charge in [0.05, 0.1) is 10.4 Å². The Morgan fingerprint density at radius 1 is 1.19 bits per heavy atom. The van der Waals surface area contributed by atoms with Gasteiger partial charge in [0.2, 0.25) is 0 Å².